The molecule has 3 N–H and O–H groups in total. The van der Waals surface area contributed by atoms with E-state index in [2.05, 4.69) is 42.2 Å². The second kappa shape index (κ2) is 13.7. The van der Waals surface area contributed by atoms with Crippen LogP contribution in [0.5, 0.6) is 5.88 Å². The second-order valence-electron chi connectivity index (χ2n) is 15.8. The highest BCUT2D eigenvalue weighted by atomic mass is 32.2. The summed E-state index contributed by atoms with van der Waals surface area (Å²) in [6.45, 7) is 14.1. The lowest BCUT2D eigenvalue weighted by atomic mass is 9.85. The lowest BCUT2D eigenvalue weighted by Crippen LogP contribution is -2.60. The van der Waals surface area contributed by atoms with E-state index in [4.69, 9.17) is 9.47 Å². The molecule has 3 aliphatic rings. The van der Waals surface area contributed by atoms with Crippen LogP contribution in [-0.2, 0) is 29.1 Å². The van der Waals surface area contributed by atoms with E-state index in [9.17, 15) is 27.6 Å². The molecule has 0 bridgehead atoms. The Morgan fingerprint density at radius 3 is 2.34 bits per heavy atom. The van der Waals surface area contributed by atoms with Gasteiger partial charge in [0, 0.05) is 23.1 Å². The Hall–Kier alpha value is -5.13. The number of amides is 4. The summed E-state index contributed by atoms with van der Waals surface area (Å²) in [5, 5.41) is 18.9. The normalized spacial score (nSPS) is 23.5. The van der Waals surface area contributed by atoms with Crippen LogP contribution in [0, 0.1) is 11.3 Å². The molecule has 3 aromatic rings. The van der Waals surface area contributed by atoms with Gasteiger partial charge in [0.2, 0.25) is 27.7 Å². The molecule has 6 rings (SSSR count). The molecular weight excluding hydrogens is 707 g/mol. The molecule has 18 heteroatoms. The van der Waals surface area contributed by atoms with Crippen molar-refractivity contribution >= 4 is 44.6 Å². The van der Waals surface area contributed by atoms with Crippen molar-refractivity contribution in [2.45, 2.75) is 102 Å². The minimum absolute atomic E-state index is 0.0292. The fourth-order valence-corrected chi connectivity index (χ4v) is 7.79. The fourth-order valence-electron chi connectivity index (χ4n) is 6.43. The average molecular weight is 752 g/mol. The molecule has 17 nitrogen and oxygen atoms in total. The van der Waals surface area contributed by atoms with E-state index < -0.39 is 79.7 Å². The number of rotatable bonds is 11. The van der Waals surface area contributed by atoms with Gasteiger partial charge in [0.05, 0.1) is 11.8 Å². The molecule has 2 aliphatic carbocycles. The van der Waals surface area contributed by atoms with Crippen LogP contribution in [0.1, 0.15) is 67.2 Å². The lowest BCUT2D eigenvalue weighted by Gasteiger charge is -2.36. The summed E-state index contributed by atoms with van der Waals surface area (Å²) in [7, 11) is -3.91. The first-order valence-corrected chi connectivity index (χ1v) is 19.0. The van der Waals surface area contributed by atoms with Crippen molar-refractivity contribution in [1.82, 2.24) is 45.2 Å². The van der Waals surface area contributed by atoms with Crippen LogP contribution in [0.15, 0.2) is 49.6 Å². The van der Waals surface area contributed by atoms with Crippen molar-refractivity contribution in [1.29, 1.82) is 0 Å². The largest absolute Gasteiger partial charge is 0.471 e. The van der Waals surface area contributed by atoms with Crippen molar-refractivity contribution in [3.8, 4) is 11.7 Å². The van der Waals surface area contributed by atoms with Crippen molar-refractivity contribution in [2.24, 2.45) is 11.3 Å². The summed E-state index contributed by atoms with van der Waals surface area (Å²) in [5.41, 5.74) is -3.26. The number of carbonyl (C=O) groups excluding carboxylic acids is 4. The molecule has 1 aliphatic heterocycles. The highest BCUT2D eigenvalue weighted by Gasteiger charge is 2.62. The molecule has 2 saturated carbocycles. The minimum Gasteiger partial charge on any atom is -0.471 e. The van der Waals surface area contributed by atoms with Gasteiger partial charge in [-0.3, -0.25) is 19.1 Å². The topological polar surface area (TPSA) is 217 Å². The Kier molecular flexibility index (Phi) is 9.72. The van der Waals surface area contributed by atoms with Crippen LogP contribution in [0.2, 0.25) is 0 Å². The van der Waals surface area contributed by atoms with Crippen LogP contribution in [0.25, 0.3) is 16.6 Å². The molecule has 53 heavy (non-hydrogen) atoms. The van der Waals surface area contributed by atoms with Crippen LogP contribution in [-0.4, -0.2) is 103 Å². The third-order valence-electron chi connectivity index (χ3n) is 9.42. The van der Waals surface area contributed by atoms with Gasteiger partial charge in [-0.1, -0.05) is 45.0 Å². The van der Waals surface area contributed by atoms with E-state index in [1.807, 2.05) is 12.1 Å². The molecule has 1 unspecified atom stereocenters. The van der Waals surface area contributed by atoms with Gasteiger partial charge < -0.3 is 25.0 Å². The number of ether oxygens (including phenoxy) is 2. The summed E-state index contributed by atoms with van der Waals surface area (Å²) in [5.74, 6) is -2.12. The Labute approximate surface area is 307 Å². The predicted molar refractivity (Wildman–Crippen MR) is 191 cm³/mol. The number of benzene rings is 1. The van der Waals surface area contributed by atoms with Crippen molar-refractivity contribution in [3.05, 3.63) is 49.6 Å². The molecule has 1 aromatic carbocycles. The van der Waals surface area contributed by atoms with Gasteiger partial charge in [-0.25, -0.2) is 22.9 Å². The third kappa shape index (κ3) is 7.96. The number of hydrogen-bond donors (Lipinski definition) is 3. The molecule has 0 spiro atoms. The molecule has 3 heterocycles. The van der Waals surface area contributed by atoms with Crippen molar-refractivity contribution < 1.29 is 37.1 Å². The first-order chi connectivity index (χ1) is 24.8. The third-order valence-corrected chi connectivity index (χ3v) is 11.2. The highest BCUT2D eigenvalue weighted by Crippen LogP contribution is 2.45. The molecular formula is C35H45N9O8S. The van der Waals surface area contributed by atoms with Crippen molar-refractivity contribution in [3.63, 3.8) is 0 Å². The quantitative estimate of drug-likeness (QED) is 0.240. The van der Waals surface area contributed by atoms with E-state index in [0.717, 1.165) is 0 Å². The number of likely N-dealkylation sites (tertiary alicyclic amines) is 1. The molecule has 0 radical (unpaired) electrons. The Morgan fingerprint density at radius 2 is 1.75 bits per heavy atom. The van der Waals surface area contributed by atoms with E-state index in [1.54, 1.807) is 53.7 Å². The number of alkyl carbamates (subject to hydrolysis) is 1. The van der Waals surface area contributed by atoms with E-state index in [-0.39, 0.29) is 25.3 Å². The standard InChI is InChI=1S/C35H45N9O8S/c1-8-20-16-35(20,31(47)42-53(49,50)22-13-14-22)39-28(45)25-15-21(17-43(25)30(46)26(33(2,3)4)38-32(48)52-34(5,6)7)51-29-24-12-10-9-11-23(24)27(40-41-29)44-19-36-18-37-44/h8-12,18-22,25-26H,1,13-17H2,2-7H3,(H,38,48)(H,39,45)(H,42,47)/t20?,21-,25+,26-,35-/m1/s1. The summed E-state index contributed by atoms with van der Waals surface area (Å²) in [4.78, 5) is 60.5. The zero-order valence-electron chi connectivity index (χ0n) is 30.5. The average Bonchev–Trinajstić information content (AvgIpc) is 3.95. The van der Waals surface area contributed by atoms with Gasteiger partial charge in [-0.2, -0.15) is 5.10 Å². The predicted octanol–water partition coefficient (Wildman–Crippen LogP) is 2.17. The highest BCUT2D eigenvalue weighted by molar-refractivity contribution is 7.91. The number of carbonyl (C=O) groups is 4. The van der Waals surface area contributed by atoms with Crippen LogP contribution in [0.4, 0.5) is 4.79 Å². The van der Waals surface area contributed by atoms with Gasteiger partial charge >= 0.3 is 6.09 Å². The molecule has 4 amide bonds. The van der Waals surface area contributed by atoms with E-state index in [0.29, 0.717) is 29.4 Å². The van der Waals surface area contributed by atoms with Crippen molar-refractivity contribution in [2.75, 3.05) is 6.54 Å². The zero-order valence-corrected chi connectivity index (χ0v) is 31.3. The smallest absolute Gasteiger partial charge is 0.408 e. The second-order valence-corrected chi connectivity index (χ2v) is 17.8. The monoisotopic (exact) mass is 751 g/mol. The SMILES string of the molecule is C=CC1C[C@]1(NC(=O)[C@@H]1C[C@@H](Oc2nnc(-n3cncn3)c3ccccc23)CN1C(=O)[C@@H](NC(=O)OC(C)(C)C)C(C)(C)C)C(=O)NS(=O)(=O)C1CC1. The van der Waals surface area contributed by atoms with E-state index in [1.165, 1.54) is 28.3 Å². The van der Waals surface area contributed by atoms with Gasteiger partial charge in [0.1, 0.15) is 42.0 Å². The lowest BCUT2D eigenvalue weighted by molar-refractivity contribution is -0.143. The van der Waals surface area contributed by atoms with Gasteiger partial charge in [0.25, 0.3) is 5.91 Å². The maximum atomic E-state index is 14.5. The van der Waals surface area contributed by atoms with E-state index >= 15 is 0 Å². The summed E-state index contributed by atoms with van der Waals surface area (Å²) >= 11 is 0. The number of sulfonamides is 1. The Morgan fingerprint density at radius 1 is 1.06 bits per heavy atom. The van der Waals surface area contributed by atoms with Gasteiger partial charge in [-0.15, -0.1) is 16.8 Å². The number of aromatic nitrogens is 5. The maximum Gasteiger partial charge on any atom is 0.408 e. The van der Waals surface area contributed by atoms with Gasteiger partial charge in [-0.05, 0) is 51.5 Å². The zero-order chi connectivity index (χ0) is 38.5. The Balaban J connectivity index is 1.31. The minimum atomic E-state index is -3.91. The summed E-state index contributed by atoms with van der Waals surface area (Å²) in [6.07, 6.45) is 3.73. The van der Waals surface area contributed by atoms with Gasteiger partial charge in [0.15, 0.2) is 5.82 Å². The maximum absolute atomic E-state index is 14.5. The summed E-state index contributed by atoms with van der Waals surface area (Å²) in [6, 6.07) is 4.91. The molecule has 284 valence electrons. The number of nitrogens with zero attached hydrogens (tertiary/aromatic N) is 6. The van der Waals surface area contributed by atoms with Crippen LogP contribution < -0.4 is 20.1 Å². The van der Waals surface area contributed by atoms with Crippen LogP contribution >= 0.6 is 0 Å². The van der Waals surface area contributed by atoms with Crippen LogP contribution in [0.3, 0.4) is 0 Å². The Bertz CT molecular complexity index is 2040. The first-order valence-electron chi connectivity index (χ1n) is 17.4. The number of nitrogens with one attached hydrogen (secondary N) is 3. The molecule has 2 aromatic heterocycles. The molecule has 3 fully saturated rings. The number of fused-ring (bicyclic) bond motifs is 1. The number of hydrogen-bond acceptors (Lipinski definition) is 12. The molecule has 5 atom stereocenters. The molecule has 1 saturated heterocycles. The fraction of sp³-hybridized carbons (Fsp3) is 0.543. The summed E-state index contributed by atoms with van der Waals surface area (Å²) < 4.78 is 40.9. The first kappa shape index (κ1) is 37.6.